The van der Waals surface area contributed by atoms with Gasteiger partial charge in [0.1, 0.15) is 0 Å². The molecule has 0 atom stereocenters. The van der Waals surface area contributed by atoms with Crippen molar-refractivity contribution in [2.75, 3.05) is 5.32 Å². The van der Waals surface area contributed by atoms with Crippen LogP contribution in [0.1, 0.15) is 22.3 Å². The number of aromatic nitrogens is 2. The van der Waals surface area contributed by atoms with Crippen LogP contribution in [0.3, 0.4) is 0 Å². The third-order valence-electron chi connectivity index (χ3n) is 2.78. The second-order valence-electron chi connectivity index (χ2n) is 4.46. The summed E-state index contributed by atoms with van der Waals surface area (Å²) in [4.78, 5) is 22.4. The molecule has 1 aromatic carbocycles. The Morgan fingerprint density at radius 3 is 2.60 bits per heavy atom. The van der Waals surface area contributed by atoms with E-state index in [0.29, 0.717) is 6.54 Å². The summed E-state index contributed by atoms with van der Waals surface area (Å²) in [5, 5.41) is 15.4. The highest BCUT2D eigenvalue weighted by Gasteiger charge is 2.07. The second kappa shape index (κ2) is 6.01. The third kappa shape index (κ3) is 3.68. The number of carboxylic acids is 1. The number of carbonyl (C=O) groups excluding carboxylic acids is 1. The first kappa shape index (κ1) is 13.8. The highest BCUT2D eigenvalue weighted by molar-refractivity contribution is 5.90. The summed E-state index contributed by atoms with van der Waals surface area (Å²) in [5.41, 5.74) is 1.98. The van der Waals surface area contributed by atoms with E-state index in [9.17, 15) is 9.59 Å². The van der Waals surface area contributed by atoms with E-state index in [2.05, 4.69) is 10.4 Å². The van der Waals surface area contributed by atoms with Gasteiger partial charge in [0.05, 0.1) is 11.8 Å². The van der Waals surface area contributed by atoms with Gasteiger partial charge in [0.25, 0.3) is 0 Å². The number of anilines is 1. The van der Waals surface area contributed by atoms with Crippen molar-refractivity contribution in [2.45, 2.75) is 19.9 Å². The molecule has 0 radical (unpaired) electrons. The highest BCUT2D eigenvalue weighted by atomic mass is 16.4. The number of rotatable bonds is 5. The fraction of sp³-hybridized carbons (Fsp3) is 0.214. The van der Waals surface area contributed by atoms with Crippen molar-refractivity contribution in [3.05, 3.63) is 47.8 Å². The molecule has 6 nitrogen and oxygen atoms in total. The van der Waals surface area contributed by atoms with Gasteiger partial charge in [-0.25, -0.2) is 4.79 Å². The van der Waals surface area contributed by atoms with E-state index in [1.54, 1.807) is 0 Å². The molecule has 0 aliphatic heterocycles. The Morgan fingerprint density at radius 2 is 2.00 bits per heavy atom. The zero-order valence-electron chi connectivity index (χ0n) is 11.0. The molecule has 6 heteroatoms. The van der Waals surface area contributed by atoms with Gasteiger partial charge in [-0.3, -0.25) is 9.48 Å². The maximum atomic E-state index is 11.7. The molecular formula is C14H15N3O3. The smallest absolute Gasteiger partial charge is 0.338 e. The van der Waals surface area contributed by atoms with E-state index in [4.69, 9.17) is 5.11 Å². The largest absolute Gasteiger partial charge is 0.478 e. The quantitative estimate of drug-likeness (QED) is 0.871. The first-order valence-corrected chi connectivity index (χ1v) is 6.17. The first-order valence-electron chi connectivity index (χ1n) is 6.17. The fourth-order valence-corrected chi connectivity index (χ4v) is 1.67. The molecule has 0 saturated carbocycles. The normalized spacial score (nSPS) is 10.2. The monoisotopic (exact) mass is 273 g/mol. The van der Waals surface area contributed by atoms with Gasteiger partial charge in [-0.05, 0) is 19.1 Å². The lowest BCUT2D eigenvalue weighted by Gasteiger charge is -2.05. The summed E-state index contributed by atoms with van der Waals surface area (Å²) in [6.07, 6.45) is 2.90. The molecule has 2 rings (SSSR count). The van der Waals surface area contributed by atoms with Gasteiger partial charge in [-0.2, -0.15) is 5.10 Å². The van der Waals surface area contributed by atoms with Crippen molar-refractivity contribution in [1.29, 1.82) is 0 Å². The molecule has 1 aromatic heterocycles. The summed E-state index contributed by atoms with van der Waals surface area (Å²) >= 11 is 0. The number of hydrogen-bond donors (Lipinski definition) is 2. The van der Waals surface area contributed by atoms with Gasteiger partial charge < -0.3 is 10.4 Å². The van der Waals surface area contributed by atoms with Crippen LogP contribution in [0.2, 0.25) is 0 Å². The number of carbonyl (C=O) groups is 2. The Bertz CT molecular complexity index is 617. The van der Waals surface area contributed by atoms with Crippen LogP contribution in [0.4, 0.5) is 5.69 Å². The van der Waals surface area contributed by atoms with Gasteiger partial charge in [0.2, 0.25) is 5.91 Å². The lowest BCUT2D eigenvalue weighted by Crippen LogP contribution is -2.14. The van der Waals surface area contributed by atoms with E-state index >= 15 is 0 Å². The molecule has 2 aromatic rings. The predicted octanol–water partition coefficient (Wildman–Crippen LogP) is 1.92. The number of amides is 1. The molecule has 1 heterocycles. The van der Waals surface area contributed by atoms with Gasteiger partial charge in [0.15, 0.2) is 0 Å². The van der Waals surface area contributed by atoms with Crippen LogP contribution in [-0.4, -0.2) is 26.8 Å². The molecular weight excluding hydrogens is 258 g/mol. The van der Waals surface area contributed by atoms with E-state index in [-0.39, 0.29) is 17.9 Å². The Kier molecular flexibility index (Phi) is 4.14. The average molecular weight is 273 g/mol. The number of aromatic carboxylic acids is 1. The van der Waals surface area contributed by atoms with E-state index in [0.717, 1.165) is 11.3 Å². The summed E-state index contributed by atoms with van der Waals surface area (Å²) in [6, 6.07) is 7.51. The number of nitrogens with zero attached hydrogens (tertiary/aromatic N) is 2. The molecule has 104 valence electrons. The highest BCUT2D eigenvalue weighted by Crippen LogP contribution is 2.09. The zero-order valence-corrected chi connectivity index (χ0v) is 11.0. The van der Waals surface area contributed by atoms with Crippen molar-refractivity contribution < 1.29 is 14.7 Å². The van der Waals surface area contributed by atoms with E-state index in [1.807, 2.05) is 31.2 Å². The second-order valence-corrected chi connectivity index (χ2v) is 4.46. The third-order valence-corrected chi connectivity index (χ3v) is 2.78. The molecule has 0 spiro atoms. The molecule has 0 fully saturated rings. The minimum Gasteiger partial charge on any atom is -0.478 e. The maximum absolute atomic E-state index is 11.7. The van der Waals surface area contributed by atoms with E-state index < -0.39 is 5.97 Å². The number of carboxylic acid groups (broad SMARTS) is 1. The van der Waals surface area contributed by atoms with Crippen LogP contribution in [0.5, 0.6) is 0 Å². The van der Waals surface area contributed by atoms with Crippen LogP contribution in [0.25, 0.3) is 0 Å². The van der Waals surface area contributed by atoms with Crippen molar-refractivity contribution in [1.82, 2.24) is 9.78 Å². The van der Waals surface area contributed by atoms with Crippen molar-refractivity contribution in [3.63, 3.8) is 0 Å². The standard InChI is InChI=1S/C14H15N3O3/c1-10-2-4-12(5-3-10)16-13(18)6-7-17-9-11(8-15-17)14(19)20/h2-5,8-9H,6-7H2,1H3,(H,16,18)(H,19,20). The summed E-state index contributed by atoms with van der Waals surface area (Å²) in [7, 11) is 0. The van der Waals surface area contributed by atoms with Crippen LogP contribution >= 0.6 is 0 Å². The number of nitrogens with one attached hydrogen (secondary N) is 1. The Hall–Kier alpha value is -2.63. The Balaban J connectivity index is 1.85. The topological polar surface area (TPSA) is 84.2 Å². The Labute approximate surface area is 116 Å². The molecule has 0 saturated heterocycles. The summed E-state index contributed by atoms with van der Waals surface area (Å²) in [5.74, 6) is -1.17. The number of aryl methyl sites for hydroxylation is 2. The predicted molar refractivity (Wildman–Crippen MR) is 73.6 cm³/mol. The molecule has 0 aliphatic rings. The molecule has 1 amide bonds. The maximum Gasteiger partial charge on any atom is 0.338 e. The van der Waals surface area contributed by atoms with Gasteiger partial charge in [0, 0.05) is 24.8 Å². The average Bonchev–Trinajstić information content (AvgIpc) is 2.88. The minimum absolute atomic E-state index is 0.115. The summed E-state index contributed by atoms with van der Waals surface area (Å²) in [6.45, 7) is 2.31. The minimum atomic E-state index is -1.03. The number of hydrogen-bond acceptors (Lipinski definition) is 3. The SMILES string of the molecule is Cc1ccc(NC(=O)CCn2cc(C(=O)O)cn2)cc1. The van der Waals surface area contributed by atoms with Crippen LogP contribution in [0, 0.1) is 6.92 Å². The van der Waals surface area contributed by atoms with Gasteiger partial charge >= 0.3 is 5.97 Å². The number of benzene rings is 1. The van der Waals surface area contributed by atoms with E-state index in [1.165, 1.54) is 17.1 Å². The van der Waals surface area contributed by atoms with Gasteiger partial charge in [-0.15, -0.1) is 0 Å². The zero-order chi connectivity index (χ0) is 14.5. The van der Waals surface area contributed by atoms with Crippen molar-refractivity contribution in [3.8, 4) is 0 Å². The lowest BCUT2D eigenvalue weighted by molar-refractivity contribution is -0.116. The molecule has 20 heavy (non-hydrogen) atoms. The molecule has 0 unspecified atom stereocenters. The molecule has 2 N–H and O–H groups in total. The van der Waals surface area contributed by atoms with Crippen molar-refractivity contribution in [2.24, 2.45) is 0 Å². The first-order chi connectivity index (χ1) is 9.54. The van der Waals surface area contributed by atoms with Crippen molar-refractivity contribution >= 4 is 17.6 Å². The lowest BCUT2D eigenvalue weighted by atomic mass is 10.2. The fourth-order valence-electron chi connectivity index (χ4n) is 1.67. The summed E-state index contributed by atoms with van der Waals surface area (Å²) < 4.78 is 1.44. The molecule has 0 bridgehead atoms. The molecule has 0 aliphatic carbocycles. The van der Waals surface area contributed by atoms with Crippen LogP contribution < -0.4 is 5.32 Å². The van der Waals surface area contributed by atoms with Crippen LogP contribution in [0.15, 0.2) is 36.7 Å². The van der Waals surface area contributed by atoms with Gasteiger partial charge in [-0.1, -0.05) is 17.7 Å². The van der Waals surface area contributed by atoms with Crippen LogP contribution in [-0.2, 0) is 11.3 Å². The Morgan fingerprint density at radius 1 is 1.30 bits per heavy atom.